The summed E-state index contributed by atoms with van der Waals surface area (Å²) in [6.07, 6.45) is 8.45. The molecule has 0 heterocycles. The normalized spacial score (nSPS) is 26.6. The minimum absolute atomic E-state index is 0.469. The molecule has 0 spiro atoms. The minimum Gasteiger partial charge on any atom is -0.373 e. The second-order valence-corrected chi connectivity index (χ2v) is 6.59. The van der Waals surface area contributed by atoms with Crippen molar-refractivity contribution in [3.63, 3.8) is 0 Å². The van der Waals surface area contributed by atoms with Gasteiger partial charge in [-0.15, -0.1) is 0 Å². The lowest BCUT2D eigenvalue weighted by Gasteiger charge is -2.28. The van der Waals surface area contributed by atoms with Crippen LogP contribution in [0.4, 0.5) is 0 Å². The molecule has 2 fully saturated rings. The first kappa shape index (κ1) is 14.1. The van der Waals surface area contributed by atoms with Crippen molar-refractivity contribution < 1.29 is 4.74 Å². The molecule has 2 heteroatoms. The number of rotatable bonds is 6. The van der Waals surface area contributed by atoms with Crippen molar-refractivity contribution in [2.75, 3.05) is 0 Å². The summed E-state index contributed by atoms with van der Waals surface area (Å²) in [5.41, 5.74) is 2.70. The Hall–Kier alpha value is -0.860. The van der Waals surface area contributed by atoms with Crippen LogP contribution in [0.2, 0.25) is 0 Å². The Bertz CT molecular complexity index is 427. The van der Waals surface area contributed by atoms with Crippen molar-refractivity contribution in [3.8, 4) is 0 Å². The van der Waals surface area contributed by atoms with E-state index in [-0.39, 0.29) is 0 Å². The molecule has 20 heavy (non-hydrogen) atoms. The van der Waals surface area contributed by atoms with Crippen LogP contribution in [0.5, 0.6) is 0 Å². The second-order valence-electron chi connectivity index (χ2n) is 6.59. The highest BCUT2D eigenvalue weighted by Crippen LogP contribution is 2.27. The molecule has 2 saturated carbocycles. The van der Waals surface area contributed by atoms with Crippen molar-refractivity contribution in [3.05, 3.63) is 35.4 Å². The van der Waals surface area contributed by atoms with Gasteiger partial charge in [0.15, 0.2) is 0 Å². The van der Waals surface area contributed by atoms with Crippen molar-refractivity contribution in [1.82, 2.24) is 5.32 Å². The molecule has 0 aliphatic heterocycles. The van der Waals surface area contributed by atoms with Crippen molar-refractivity contribution in [1.29, 1.82) is 0 Å². The minimum atomic E-state index is 0.469. The van der Waals surface area contributed by atoms with Crippen LogP contribution in [0.3, 0.4) is 0 Å². The lowest BCUT2D eigenvalue weighted by Crippen LogP contribution is -2.25. The first-order chi connectivity index (χ1) is 9.81. The fraction of sp³-hybridized carbons (Fsp3) is 0.667. The van der Waals surface area contributed by atoms with Gasteiger partial charge in [-0.05, 0) is 42.7 Å². The fourth-order valence-corrected chi connectivity index (χ4v) is 3.11. The Morgan fingerprint density at radius 2 is 1.90 bits per heavy atom. The van der Waals surface area contributed by atoms with Gasteiger partial charge in [0.2, 0.25) is 0 Å². The number of hydrogen-bond donors (Lipinski definition) is 1. The molecule has 110 valence electrons. The molecular weight excluding hydrogens is 246 g/mol. The van der Waals surface area contributed by atoms with Gasteiger partial charge in [0, 0.05) is 12.6 Å². The topological polar surface area (TPSA) is 21.3 Å². The van der Waals surface area contributed by atoms with Crippen molar-refractivity contribution >= 4 is 0 Å². The van der Waals surface area contributed by atoms with Gasteiger partial charge in [-0.3, -0.25) is 0 Å². The maximum Gasteiger partial charge on any atom is 0.0720 e. The molecule has 0 amide bonds. The standard InChI is InChI=1S/C18H27NO/c1-14-5-2-3-8-18(14)20-13-16-7-4-6-15(11-16)12-19-17-9-10-17/h4,6-7,11,14,17-19H,2-3,5,8-10,12-13H2,1H3. The van der Waals surface area contributed by atoms with Crippen molar-refractivity contribution in [2.45, 2.75) is 70.7 Å². The lowest BCUT2D eigenvalue weighted by atomic mass is 9.88. The van der Waals surface area contributed by atoms with E-state index in [4.69, 9.17) is 4.74 Å². The largest absolute Gasteiger partial charge is 0.373 e. The molecular formula is C18H27NO. The Morgan fingerprint density at radius 3 is 2.70 bits per heavy atom. The van der Waals surface area contributed by atoms with E-state index in [1.165, 1.54) is 49.7 Å². The van der Waals surface area contributed by atoms with Gasteiger partial charge in [-0.25, -0.2) is 0 Å². The summed E-state index contributed by atoms with van der Waals surface area (Å²) in [7, 11) is 0. The predicted molar refractivity (Wildman–Crippen MR) is 82.5 cm³/mol. The van der Waals surface area contributed by atoms with E-state index >= 15 is 0 Å². The van der Waals surface area contributed by atoms with E-state index in [0.717, 1.165) is 25.1 Å². The third kappa shape index (κ3) is 4.07. The fourth-order valence-electron chi connectivity index (χ4n) is 3.11. The third-order valence-corrected chi connectivity index (χ3v) is 4.66. The van der Waals surface area contributed by atoms with E-state index in [9.17, 15) is 0 Å². The molecule has 1 aromatic carbocycles. The van der Waals surface area contributed by atoms with Crippen molar-refractivity contribution in [2.24, 2.45) is 5.92 Å². The molecule has 2 atom stereocenters. The number of benzene rings is 1. The third-order valence-electron chi connectivity index (χ3n) is 4.66. The molecule has 2 nitrogen and oxygen atoms in total. The maximum atomic E-state index is 6.15. The summed E-state index contributed by atoms with van der Waals surface area (Å²) in [5.74, 6) is 0.725. The van der Waals surface area contributed by atoms with Gasteiger partial charge in [0.1, 0.15) is 0 Å². The second kappa shape index (κ2) is 6.73. The highest BCUT2D eigenvalue weighted by Gasteiger charge is 2.22. The van der Waals surface area contributed by atoms with E-state index in [0.29, 0.717) is 6.10 Å². The Balaban J connectivity index is 1.49. The lowest BCUT2D eigenvalue weighted by molar-refractivity contribution is -0.0154. The van der Waals surface area contributed by atoms with Gasteiger partial charge in [0.25, 0.3) is 0 Å². The van der Waals surface area contributed by atoms with Crippen LogP contribution in [-0.2, 0) is 17.9 Å². The van der Waals surface area contributed by atoms with Crippen LogP contribution in [0.25, 0.3) is 0 Å². The molecule has 2 unspecified atom stereocenters. The first-order valence-corrected chi connectivity index (χ1v) is 8.24. The van der Waals surface area contributed by atoms with Gasteiger partial charge in [-0.2, -0.15) is 0 Å². The summed E-state index contributed by atoms with van der Waals surface area (Å²) in [4.78, 5) is 0. The van der Waals surface area contributed by atoms with E-state index < -0.39 is 0 Å². The van der Waals surface area contributed by atoms with Crippen LogP contribution in [0.1, 0.15) is 56.6 Å². The number of ether oxygens (including phenoxy) is 1. The quantitative estimate of drug-likeness (QED) is 0.845. The van der Waals surface area contributed by atoms with Crippen LogP contribution < -0.4 is 5.32 Å². The Kier molecular flexibility index (Phi) is 4.74. The summed E-state index contributed by atoms with van der Waals surface area (Å²) in [5, 5.41) is 3.57. The van der Waals surface area contributed by atoms with Gasteiger partial charge >= 0.3 is 0 Å². The van der Waals surface area contributed by atoms with Gasteiger partial charge < -0.3 is 10.1 Å². The Morgan fingerprint density at radius 1 is 1.10 bits per heavy atom. The predicted octanol–water partition coefficient (Wildman–Crippen LogP) is 4.03. The summed E-state index contributed by atoms with van der Waals surface area (Å²) in [6.45, 7) is 4.10. The zero-order valence-corrected chi connectivity index (χ0v) is 12.6. The summed E-state index contributed by atoms with van der Waals surface area (Å²) < 4.78 is 6.15. The van der Waals surface area contributed by atoms with E-state index in [1.807, 2.05) is 0 Å². The monoisotopic (exact) mass is 273 g/mol. The number of nitrogens with one attached hydrogen (secondary N) is 1. The van der Waals surface area contributed by atoms with Crippen LogP contribution >= 0.6 is 0 Å². The molecule has 0 radical (unpaired) electrons. The molecule has 1 aromatic rings. The van der Waals surface area contributed by atoms with Gasteiger partial charge in [0.05, 0.1) is 12.7 Å². The van der Waals surface area contributed by atoms with E-state index in [1.54, 1.807) is 0 Å². The molecule has 2 aliphatic rings. The molecule has 2 aliphatic carbocycles. The zero-order valence-electron chi connectivity index (χ0n) is 12.6. The zero-order chi connectivity index (χ0) is 13.8. The van der Waals surface area contributed by atoms with Crippen LogP contribution in [-0.4, -0.2) is 12.1 Å². The Labute approximate surface area is 122 Å². The summed E-state index contributed by atoms with van der Waals surface area (Å²) >= 11 is 0. The molecule has 0 saturated heterocycles. The van der Waals surface area contributed by atoms with E-state index in [2.05, 4.69) is 36.5 Å². The molecule has 0 aromatic heterocycles. The first-order valence-electron chi connectivity index (χ1n) is 8.24. The average molecular weight is 273 g/mol. The summed E-state index contributed by atoms with van der Waals surface area (Å²) in [6, 6.07) is 9.63. The average Bonchev–Trinajstić information content (AvgIpc) is 3.29. The van der Waals surface area contributed by atoms with Crippen LogP contribution in [0.15, 0.2) is 24.3 Å². The highest BCUT2D eigenvalue weighted by atomic mass is 16.5. The number of hydrogen-bond acceptors (Lipinski definition) is 2. The SMILES string of the molecule is CC1CCCCC1OCc1cccc(CNC2CC2)c1. The highest BCUT2D eigenvalue weighted by molar-refractivity contribution is 5.23. The molecule has 3 rings (SSSR count). The smallest absolute Gasteiger partial charge is 0.0720 e. The maximum absolute atomic E-state index is 6.15. The van der Waals surface area contributed by atoms with Gasteiger partial charge in [-0.1, -0.05) is 44.0 Å². The molecule has 1 N–H and O–H groups in total. The van der Waals surface area contributed by atoms with Crippen LogP contribution in [0, 0.1) is 5.92 Å². The molecule has 0 bridgehead atoms.